The first-order chi connectivity index (χ1) is 12.0. The summed E-state index contributed by atoms with van der Waals surface area (Å²) in [5.74, 6) is 0. The fraction of sp³-hybridized carbons (Fsp3) is 0.118. The summed E-state index contributed by atoms with van der Waals surface area (Å²) < 4.78 is 45.4. The van der Waals surface area contributed by atoms with E-state index in [1.165, 1.54) is 18.7 Å². The van der Waals surface area contributed by atoms with Crippen LogP contribution in [0.2, 0.25) is 0 Å². The Morgan fingerprint density at radius 2 is 1.92 bits per heavy atom. The van der Waals surface area contributed by atoms with Crippen LogP contribution >= 0.6 is 0 Å². The van der Waals surface area contributed by atoms with Crippen LogP contribution in [0.15, 0.2) is 59.8 Å². The highest BCUT2D eigenvalue weighted by Gasteiger charge is 2.30. The van der Waals surface area contributed by atoms with E-state index in [-0.39, 0.29) is 0 Å². The lowest BCUT2D eigenvalue weighted by atomic mass is 10.0. The van der Waals surface area contributed by atoms with E-state index >= 15 is 0 Å². The van der Waals surface area contributed by atoms with Gasteiger partial charge in [0.15, 0.2) is 6.39 Å². The molecular weight excluding hydrogens is 333 g/mol. The van der Waals surface area contributed by atoms with E-state index in [0.29, 0.717) is 34.4 Å². The van der Waals surface area contributed by atoms with Gasteiger partial charge in [0.1, 0.15) is 17.5 Å². The maximum Gasteiger partial charge on any atom is 0.416 e. The van der Waals surface area contributed by atoms with Crippen molar-refractivity contribution >= 4 is 11.0 Å². The van der Waals surface area contributed by atoms with E-state index in [1.54, 1.807) is 29.2 Å². The molecule has 126 valence electrons. The van der Waals surface area contributed by atoms with Crippen molar-refractivity contribution in [3.05, 3.63) is 66.6 Å². The maximum atomic E-state index is 12.9. The number of rotatable bonds is 3. The van der Waals surface area contributed by atoms with Gasteiger partial charge in [-0.25, -0.2) is 4.98 Å². The normalized spacial score (nSPS) is 12.0. The van der Waals surface area contributed by atoms with Crippen LogP contribution in [0.3, 0.4) is 0 Å². The number of halogens is 3. The van der Waals surface area contributed by atoms with Gasteiger partial charge in [-0.2, -0.15) is 18.3 Å². The van der Waals surface area contributed by atoms with Crippen LogP contribution in [-0.4, -0.2) is 19.7 Å². The van der Waals surface area contributed by atoms with Crippen molar-refractivity contribution < 1.29 is 17.6 Å². The van der Waals surface area contributed by atoms with Crippen molar-refractivity contribution in [2.45, 2.75) is 12.7 Å². The van der Waals surface area contributed by atoms with E-state index in [1.807, 2.05) is 0 Å². The highest BCUT2D eigenvalue weighted by Crippen LogP contribution is 2.32. The molecule has 0 N–H and O–H groups in total. The SMILES string of the molecule is FC(F)(F)c1cccc(-c2cnc3cnn(Cc4cocn4)c3c2)c1. The molecule has 1 aromatic carbocycles. The number of fused-ring (bicyclic) bond motifs is 1. The van der Waals surface area contributed by atoms with E-state index in [9.17, 15) is 13.2 Å². The molecule has 0 amide bonds. The Hall–Kier alpha value is -3.16. The second-order valence-electron chi connectivity index (χ2n) is 5.49. The summed E-state index contributed by atoms with van der Waals surface area (Å²) in [5.41, 5.74) is 2.38. The number of nitrogens with zero attached hydrogens (tertiary/aromatic N) is 4. The molecule has 0 unspecified atom stereocenters. The smallest absolute Gasteiger partial charge is 0.416 e. The van der Waals surface area contributed by atoms with Crippen molar-refractivity contribution in [1.29, 1.82) is 0 Å². The lowest BCUT2D eigenvalue weighted by Crippen LogP contribution is -2.04. The summed E-state index contributed by atoms with van der Waals surface area (Å²) in [5, 5.41) is 4.25. The van der Waals surface area contributed by atoms with Gasteiger partial charge >= 0.3 is 6.18 Å². The van der Waals surface area contributed by atoms with Gasteiger partial charge in [0.25, 0.3) is 0 Å². The van der Waals surface area contributed by atoms with Crippen molar-refractivity contribution in [2.75, 3.05) is 0 Å². The number of pyridine rings is 1. The molecule has 0 saturated carbocycles. The zero-order valence-electron chi connectivity index (χ0n) is 12.7. The largest absolute Gasteiger partial charge is 0.451 e. The third kappa shape index (κ3) is 2.98. The summed E-state index contributed by atoms with van der Waals surface area (Å²) >= 11 is 0. The van der Waals surface area contributed by atoms with Crippen molar-refractivity contribution in [3.8, 4) is 11.1 Å². The Balaban J connectivity index is 1.76. The zero-order valence-corrected chi connectivity index (χ0v) is 12.7. The minimum Gasteiger partial charge on any atom is -0.451 e. The lowest BCUT2D eigenvalue weighted by molar-refractivity contribution is -0.137. The molecular formula is C17H11F3N4O. The average Bonchev–Trinajstić information content (AvgIpc) is 3.24. The minimum atomic E-state index is -4.39. The molecule has 0 saturated heterocycles. The summed E-state index contributed by atoms with van der Waals surface area (Å²) in [6, 6.07) is 6.93. The molecule has 4 rings (SSSR count). The van der Waals surface area contributed by atoms with Crippen LogP contribution in [0.5, 0.6) is 0 Å². The van der Waals surface area contributed by atoms with Crippen molar-refractivity contribution in [3.63, 3.8) is 0 Å². The fourth-order valence-corrected chi connectivity index (χ4v) is 2.58. The van der Waals surface area contributed by atoms with E-state index in [0.717, 1.165) is 12.1 Å². The average molecular weight is 344 g/mol. The molecule has 0 atom stereocenters. The molecule has 0 fully saturated rings. The molecule has 8 heteroatoms. The summed E-state index contributed by atoms with van der Waals surface area (Å²) in [6.07, 6.45) is 1.60. The Kier molecular flexibility index (Phi) is 3.52. The van der Waals surface area contributed by atoms with Gasteiger partial charge in [-0.15, -0.1) is 0 Å². The molecule has 3 heterocycles. The lowest BCUT2D eigenvalue weighted by Gasteiger charge is -2.09. The molecule has 25 heavy (non-hydrogen) atoms. The molecule has 0 spiro atoms. The second kappa shape index (κ2) is 5.73. The maximum absolute atomic E-state index is 12.9. The minimum absolute atomic E-state index is 0.383. The van der Waals surface area contributed by atoms with Crippen LogP contribution in [0.1, 0.15) is 11.3 Å². The predicted molar refractivity (Wildman–Crippen MR) is 83.6 cm³/mol. The summed E-state index contributed by atoms with van der Waals surface area (Å²) in [4.78, 5) is 8.34. The predicted octanol–water partition coefficient (Wildman–Crippen LogP) is 4.15. The highest BCUT2D eigenvalue weighted by molar-refractivity contribution is 5.80. The van der Waals surface area contributed by atoms with Gasteiger partial charge < -0.3 is 4.42 Å². The first kappa shape index (κ1) is 15.4. The Labute approximate surface area is 139 Å². The number of benzene rings is 1. The van der Waals surface area contributed by atoms with Crippen LogP contribution in [0.4, 0.5) is 13.2 Å². The highest BCUT2D eigenvalue weighted by atomic mass is 19.4. The Bertz CT molecular complexity index is 1020. The van der Waals surface area contributed by atoms with Gasteiger partial charge in [0, 0.05) is 11.8 Å². The van der Waals surface area contributed by atoms with Gasteiger partial charge in [0.05, 0.1) is 23.8 Å². The Morgan fingerprint density at radius 3 is 2.68 bits per heavy atom. The van der Waals surface area contributed by atoms with Crippen LogP contribution in [0.25, 0.3) is 22.2 Å². The first-order valence-corrected chi connectivity index (χ1v) is 7.37. The third-order valence-electron chi connectivity index (χ3n) is 3.81. The first-order valence-electron chi connectivity index (χ1n) is 7.37. The van der Waals surface area contributed by atoms with Crippen molar-refractivity contribution in [2.24, 2.45) is 0 Å². The van der Waals surface area contributed by atoms with Crippen LogP contribution in [0, 0.1) is 0 Å². The molecule has 0 aliphatic heterocycles. The zero-order chi connectivity index (χ0) is 17.4. The second-order valence-corrected chi connectivity index (χ2v) is 5.49. The van der Waals surface area contributed by atoms with Gasteiger partial charge in [-0.1, -0.05) is 12.1 Å². The molecule has 0 radical (unpaired) electrons. The monoisotopic (exact) mass is 344 g/mol. The topological polar surface area (TPSA) is 56.7 Å². The number of hydrogen-bond donors (Lipinski definition) is 0. The Morgan fingerprint density at radius 1 is 1.04 bits per heavy atom. The van der Waals surface area contributed by atoms with Crippen molar-refractivity contribution in [1.82, 2.24) is 19.7 Å². The van der Waals surface area contributed by atoms with Crippen LogP contribution in [-0.2, 0) is 12.7 Å². The van der Waals surface area contributed by atoms with E-state index in [2.05, 4.69) is 15.1 Å². The van der Waals surface area contributed by atoms with E-state index in [4.69, 9.17) is 4.42 Å². The number of hydrogen-bond acceptors (Lipinski definition) is 4. The quantitative estimate of drug-likeness (QED) is 0.560. The molecule has 5 nitrogen and oxygen atoms in total. The standard InChI is InChI=1S/C17H11F3N4O/c18-17(19,20)13-3-1-2-11(4-13)12-5-16-15(21-6-12)7-23-24(16)8-14-9-25-10-22-14/h1-7,9-10H,8H2. The molecule has 0 aliphatic rings. The van der Waals surface area contributed by atoms with E-state index < -0.39 is 11.7 Å². The molecule has 3 aromatic heterocycles. The molecule has 0 aliphatic carbocycles. The summed E-state index contributed by atoms with van der Waals surface area (Å²) in [6.45, 7) is 0.383. The van der Waals surface area contributed by atoms with Crippen LogP contribution < -0.4 is 0 Å². The molecule has 0 bridgehead atoms. The third-order valence-corrected chi connectivity index (χ3v) is 3.81. The van der Waals surface area contributed by atoms with Gasteiger partial charge in [-0.3, -0.25) is 9.67 Å². The number of alkyl halides is 3. The van der Waals surface area contributed by atoms with Gasteiger partial charge in [-0.05, 0) is 23.8 Å². The summed E-state index contributed by atoms with van der Waals surface area (Å²) in [7, 11) is 0. The molecule has 4 aromatic rings. The fourth-order valence-electron chi connectivity index (χ4n) is 2.58. The van der Waals surface area contributed by atoms with Gasteiger partial charge in [0.2, 0.25) is 0 Å². The number of oxazole rings is 1. The number of aromatic nitrogens is 4.